The smallest absolute Gasteiger partial charge is 0.152 e. The van der Waals surface area contributed by atoms with Crippen molar-refractivity contribution in [3.8, 4) is 12.3 Å². The zero-order chi connectivity index (χ0) is 42.4. The summed E-state index contributed by atoms with van der Waals surface area (Å²) in [4.78, 5) is 6.67. The molecule has 3 rings (SSSR count). The molecule has 0 aromatic carbocycles. The van der Waals surface area contributed by atoms with Crippen LogP contribution in [0.15, 0.2) is 11.3 Å². The number of hydrogen-bond donors (Lipinski definition) is 2. The minimum Gasteiger partial charge on any atom is -0.379 e. The summed E-state index contributed by atoms with van der Waals surface area (Å²) in [5, 5.41) is 11.6. The lowest BCUT2D eigenvalue weighted by atomic mass is 10.4. The lowest BCUT2D eigenvalue weighted by Crippen LogP contribution is -2.40. The van der Waals surface area contributed by atoms with Crippen LogP contribution in [0.1, 0.15) is 5.69 Å². The lowest BCUT2D eigenvalue weighted by Gasteiger charge is -2.25. The van der Waals surface area contributed by atoms with Gasteiger partial charge in [-0.15, -0.1) is 11.5 Å². The quantitative estimate of drug-likeness (QED) is 0.0274. The Morgan fingerprint density at radius 3 is 1.47 bits per heavy atom. The van der Waals surface area contributed by atoms with Crippen LogP contribution in [0, 0.1) is 12.3 Å². The van der Waals surface area contributed by atoms with Crippen LogP contribution >= 0.6 is 0 Å². The third-order valence-electron chi connectivity index (χ3n) is 7.78. The molecule has 1 aromatic heterocycles. The molecule has 0 saturated carbocycles. The molecule has 0 unspecified atom stereocenters. The second-order valence-electron chi connectivity index (χ2n) is 12.5. The number of terminal acetylenes is 1. The summed E-state index contributed by atoms with van der Waals surface area (Å²) in [5.74, 6) is 3.44. The van der Waals surface area contributed by atoms with Gasteiger partial charge in [0.05, 0.1) is 148 Å². The van der Waals surface area contributed by atoms with Gasteiger partial charge in [0.25, 0.3) is 0 Å². The zero-order valence-corrected chi connectivity index (χ0v) is 35.4. The Labute approximate surface area is 343 Å². The molecule has 2 fully saturated rings. The fourth-order valence-corrected chi connectivity index (χ4v) is 7.25. The van der Waals surface area contributed by atoms with Gasteiger partial charge in [0.2, 0.25) is 0 Å². The molecule has 3 heterocycles. The summed E-state index contributed by atoms with van der Waals surface area (Å²) in [7, 11) is -5.60. The van der Waals surface area contributed by atoms with Crippen molar-refractivity contribution >= 4 is 19.7 Å². The molecule has 1 aromatic rings. The maximum atomic E-state index is 11.5. The Morgan fingerprint density at radius 1 is 0.655 bits per heavy atom. The predicted octanol–water partition coefficient (Wildman–Crippen LogP) is -1.79. The highest BCUT2D eigenvalue weighted by atomic mass is 32.2. The number of nitrogens with two attached hydrogens (primary N) is 2. The van der Waals surface area contributed by atoms with Crippen molar-refractivity contribution in [2.45, 2.75) is 13.1 Å². The SMILES string of the molecule is C#CCN1CCS(=O)(=O)CC1.NCCOCCOCCOCCOCCn1cc(CN2CCS(=O)(=O)CC2)nn1.[N-]=[N+]=NCCOCCOCCOCCOCCN. The van der Waals surface area contributed by atoms with Crippen molar-refractivity contribution < 1.29 is 54.7 Å². The minimum atomic E-state index is -2.86. The highest BCUT2D eigenvalue weighted by Crippen LogP contribution is 2.08. The molecular weight excluding hydrogens is 805 g/mol. The van der Waals surface area contributed by atoms with E-state index in [0.29, 0.717) is 171 Å². The second-order valence-corrected chi connectivity index (χ2v) is 17.1. The van der Waals surface area contributed by atoms with Crippen LogP contribution in [0.25, 0.3) is 10.4 Å². The Kier molecular flexibility index (Phi) is 33.4. The molecule has 4 N–H and O–H groups in total. The maximum Gasteiger partial charge on any atom is 0.152 e. The molecule has 2 saturated heterocycles. The topological polar surface area (TPSA) is 280 Å². The number of rotatable bonds is 31. The van der Waals surface area contributed by atoms with Crippen LogP contribution in [0.2, 0.25) is 0 Å². The summed E-state index contributed by atoms with van der Waals surface area (Å²) in [5.41, 5.74) is 19.4. The third kappa shape index (κ3) is 32.3. The van der Waals surface area contributed by atoms with Gasteiger partial charge in [0.1, 0.15) is 0 Å². The first-order chi connectivity index (χ1) is 28.1. The fourth-order valence-electron chi connectivity index (χ4n) is 4.69. The molecule has 2 aliphatic rings. The molecular formula is C34H66N10O12S2. The largest absolute Gasteiger partial charge is 0.379 e. The standard InChI is InChI=1S/C17H33N5O6S.C10H22N4O4.C7H11NO2S/c18-1-5-25-7-9-27-11-12-28-10-8-26-6-2-22-16-17(19-20-22)15-21-3-13-29(23,24)14-4-21;11-1-3-15-5-7-17-9-10-18-8-6-16-4-2-13-14-12;1-2-3-8-4-6-11(9,10)7-5-8/h16H,1-15,18H2;1-11H2;1H,3-7H2. The average molecular weight is 871 g/mol. The van der Waals surface area contributed by atoms with E-state index in [4.69, 9.17) is 61.3 Å². The van der Waals surface area contributed by atoms with Gasteiger partial charge in [-0.3, -0.25) is 9.80 Å². The molecule has 0 atom stereocenters. The normalized spacial score (nSPS) is 16.3. The van der Waals surface area contributed by atoms with Gasteiger partial charge in [-0.25, -0.2) is 21.5 Å². The number of hydrogen-bond acceptors (Lipinski definition) is 19. The van der Waals surface area contributed by atoms with Gasteiger partial charge in [-0.05, 0) is 5.53 Å². The summed E-state index contributed by atoms with van der Waals surface area (Å²) < 4.78 is 88.8. The predicted molar refractivity (Wildman–Crippen MR) is 217 cm³/mol. The summed E-state index contributed by atoms with van der Waals surface area (Å²) >= 11 is 0. The molecule has 22 nitrogen and oxygen atoms in total. The van der Waals surface area contributed by atoms with E-state index in [9.17, 15) is 16.8 Å². The number of azide groups is 1. The van der Waals surface area contributed by atoms with Crippen molar-refractivity contribution in [2.75, 3.05) is 181 Å². The summed E-state index contributed by atoms with van der Waals surface area (Å²) in [6, 6.07) is 0. The number of aromatic nitrogens is 3. The first-order valence-corrected chi connectivity index (χ1v) is 23.0. The molecule has 58 heavy (non-hydrogen) atoms. The van der Waals surface area contributed by atoms with Crippen molar-refractivity contribution in [2.24, 2.45) is 16.6 Å². The summed E-state index contributed by atoms with van der Waals surface area (Å²) in [6.07, 6.45) is 6.96. The van der Waals surface area contributed by atoms with Gasteiger partial charge in [0, 0.05) is 63.5 Å². The van der Waals surface area contributed by atoms with Crippen molar-refractivity contribution in [3.05, 3.63) is 22.3 Å². The van der Waals surface area contributed by atoms with E-state index in [1.807, 2.05) is 11.1 Å². The monoisotopic (exact) mass is 870 g/mol. The number of sulfone groups is 2. The van der Waals surface area contributed by atoms with Crippen LogP contribution in [0.4, 0.5) is 0 Å². The van der Waals surface area contributed by atoms with Crippen molar-refractivity contribution in [1.29, 1.82) is 0 Å². The molecule has 0 radical (unpaired) electrons. The third-order valence-corrected chi connectivity index (χ3v) is 11.0. The van der Waals surface area contributed by atoms with Crippen LogP contribution < -0.4 is 11.5 Å². The van der Waals surface area contributed by atoms with Gasteiger partial charge in [0.15, 0.2) is 19.7 Å². The molecule has 0 bridgehead atoms. The highest BCUT2D eigenvalue weighted by molar-refractivity contribution is 7.91. The fraction of sp³-hybridized carbons (Fsp3) is 0.882. The molecule has 0 amide bonds. The van der Waals surface area contributed by atoms with Gasteiger partial charge in [-0.2, -0.15) is 0 Å². The summed E-state index contributed by atoms with van der Waals surface area (Å²) in [6.45, 7) is 13.8. The molecule has 336 valence electrons. The van der Waals surface area contributed by atoms with Gasteiger partial charge in [-0.1, -0.05) is 16.2 Å². The van der Waals surface area contributed by atoms with E-state index in [2.05, 4.69) is 31.2 Å². The van der Waals surface area contributed by atoms with E-state index >= 15 is 0 Å². The van der Waals surface area contributed by atoms with Crippen molar-refractivity contribution in [3.63, 3.8) is 0 Å². The van der Waals surface area contributed by atoms with Gasteiger partial charge >= 0.3 is 0 Å². The molecule has 0 aliphatic carbocycles. The Balaban J connectivity index is 0.000000491. The van der Waals surface area contributed by atoms with E-state index in [1.54, 1.807) is 4.68 Å². The van der Waals surface area contributed by atoms with E-state index in [-0.39, 0.29) is 23.0 Å². The van der Waals surface area contributed by atoms with Crippen LogP contribution in [-0.2, 0) is 70.7 Å². The van der Waals surface area contributed by atoms with E-state index in [1.165, 1.54) is 0 Å². The van der Waals surface area contributed by atoms with Crippen LogP contribution in [-0.4, -0.2) is 223 Å². The zero-order valence-electron chi connectivity index (χ0n) is 33.8. The van der Waals surface area contributed by atoms with Crippen LogP contribution in [0.3, 0.4) is 0 Å². The van der Waals surface area contributed by atoms with Crippen molar-refractivity contribution in [1.82, 2.24) is 24.8 Å². The number of nitrogens with zero attached hydrogens (tertiary/aromatic N) is 8. The Bertz CT molecular complexity index is 1420. The Morgan fingerprint density at radius 2 is 1.05 bits per heavy atom. The minimum absolute atomic E-state index is 0.215. The highest BCUT2D eigenvalue weighted by Gasteiger charge is 2.22. The average Bonchev–Trinajstić information content (AvgIpc) is 3.66. The molecule has 2 aliphatic heterocycles. The van der Waals surface area contributed by atoms with E-state index < -0.39 is 19.7 Å². The van der Waals surface area contributed by atoms with Crippen LogP contribution in [0.5, 0.6) is 0 Å². The number of ether oxygens (including phenoxy) is 8. The lowest BCUT2D eigenvalue weighted by molar-refractivity contribution is -0.00200. The molecule has 24 heteroatoms. The first-order valence-electron chi connectivity index (χ1n) is 19.4. The first kappa shape index (κ1) is 53.4. The Hall–Kier alpha value is -2.57. The second kappa shape index (κ2) is 36.3. The maximum absolute atomic E-state index is 11.5. The van der Waals surface area contributed by atoms with E-state index in [0.717, 1.165) is 5.69 Å². The van der Waals surface area contributed by atoms with Gasteiger partial charge < -0.3 is 49.4 Å². The molecule has 0 spiro atoms.